The van der Waals surface area contributed by atoms with Crippen LogP contribution in [0.15, 0.2) is 0 Å². The molecule has 6 nitrogen and oxygen atoms in total. The van der Waals surface area contributed by atoms with Gasteiger partial charge in [0.1, 0.15) is 0 Å². The Morgan fingerprint density at radius 1 is 1.23 bits per heavy atom. The predicted molar refractivity (Wildman–Crippen MR) is 36.4 cm³/mol. The third-order valence-electron chi connectivity index (χ3n) is 0.574. The summed E-state index contributed by atoms with van der Waals surface area (Å²) in [6, 6.07) is -2.33. The molecule has 0 bridgehead atoms. The van der Waals surface area contributed by atoms with E-state index in [1.54, 1.807) is 5.32 Å². The van der Waals surface area contributed by atoms with Crippen molar-refractivity contribution in [3.63, 3.8) is 0 Å². The van der Waals surface area contributed by atoms with Crippen LogP contribution in [0.2, 0.25) is 0 Å². The second kappa shape index (κ2) is 15.7. The zero-order valence-electron chi connectivity index (χ0n) is 7.37. The minimum absolute atomic E-state index is 0. The molecule has 8 heteroatoms. The van der Waals surface area contributed by atoms with Crippen LogP contribution in [0, 0.1) is 0 Å². The van der Waals surface area contributed by atoms with Crippen molar-refractivity contribution in [3.8, 4) is 0 Å². The molecule has 0 heterocycles. The van der Waals surface area contributed by atoms with Crippen LogP contribution < -0.4 is 10.6 Å². The number of hydrogen-bond donors (Lipinski definition) is 4. The van der Waals surface area contributed by atoms with Gasteiger partial charge >= 0.3 is 0 Å². The van der Waals surface area contributed by atoms with E-state index in [1.807, 2.05) is 5.32 Å². The Kier molecular flexibility index (Phi) is 28.7. The van der Waals surface area contributed by atoms with Crippen molar-refractivity contribution < 1.29 is 85.2 Å². The molecular formula is C5H10N2O4Y2-2. The molecule has 4 N–H and O–H groups in total. The fourth-order valence-corrected chi connectivity index (χ4v) is 0.134. The Labute approximate surface area is 127 Å². The van der Waals surface area contributed by atoms with E-state index in [1.165, 1.54) is 20.3 Å². The van der Waals surface area contributed by atoms with Crippen molar-refractivity contribution in [2.45, 2.75) is 13.0 Å². The Morgan fingerprint density at radius 2 is 1.54 bits per heavy atom. The quantitative estimate of drug-likeness (QED) is 0.260. The number of hydrogen-bond acceptors (Lipinski definition) is 5. The maximum Gasteiger partial charge on any atom is 0.280 e. The molecule has 72 valence electrons. The number of rotatable bonds is 3. The van der Waals surface area contributed by atoms with E-state index >= 15 is 0 Å². The molecule has 0 saturated carbocycles. The van der Waals surface area contributed by atoms with Gasteiger partial charge in [-0.15, -0.1) is 0 Å². The van der Waals surface area contributed by atoms with Crippen molar-refractivity contribution in [2.24, 2.45) is 0 Å². The second-order valence-electron chi connectivity index (χ2n) is 1.35. The molecule has 0 aliphatic carbocycles. The van der Waals surface area contributed by atoms with Gasteiger partial charge in [0, 0.05) is 65.4 Å². The van der Waals surface area contributed by atoms with Crippen LogP contribution in [0.3, 0.4) is 0 Å². The van der Waals surface area contributed by atoms with Crippen LogP contribution in [-0.4, -0.2) is 36.0 Å². The van der Waals surface area contributed by atoms with Crippen molar-refractivity contribution in [2.75, 3.05) is 7.05 Å². The summed E-state index contributed by atoms with van der Waals surface area (Å²) >= 11 is 0. The summed E-state index contributed by atoms with van der Waals surface area (Å²) in [6.45, 7) is 1.32. The van der Waals surface area contributed by atoms with Crippen LogP contribution in [0.5, 0.6) is 0 Å². The van der Waals surface area contributed by atoms with Crippen molar-refractivity contribution in [1.29, 1.82) is 0 Å². The maximum absolute atomic E-state index is 9.38. The van der Waals surface area contributed by atoms with Crippen LogP contribution in [-0.2, 0) is 75.0 Å². The molecule has 1 amide bonds. The minimum Gasteiger partial charge on any atom is -0.542 e. The van der Waals surface area contributed by atoms with Crippen molar-refractivity contribution >= 4 is 12.7 Å². The van der Waals surface area contributed by atoms with Gasteiger partial charge in [0.2, 0.25) is 0 Å². The fraction of sp³-hybridized carbons (Fsp3) is 0.600. The first-order valence-electron chi connectivity index (χ1n) is 2.61. The smallest absolute Gasteiger partial charge is 0.280 e. The van der Waals surface area contributed by atoms with Crippen molar-refractivity contribution in [1.82, 2.24) is 10.6 Å². The predicted octanol–water partition coefficient (Wildman–Crippen LogP) is -2.43. The van der Waals surface area contributed by atoms with Crippen LogP contribution in [0.1, 0.15) is 6.92 Å². The van der Waals surface area contributed by atoms with E-state index in [9.17, 15) is 4.79 Å². The Bertz CT molecular complexity index is 123. The number of amides is 1. The van der Waals surface area contributed by atoms with Gasteiger partial charge in [0.25, 0.3) is 6.03 Å². The molecule has 0 aromatic rings. The topological polar surface area (TPSA) is 98.7 Å². The SMILES string of the molecule is CNC(O)(O)N[C-]=O.C[C-]=O.[Y].[Y]. The monoisotopic (exact) mass is 340 g/mol. The summed E-state index contributed by atoms with van der Waals surface area (Å²) < 4.78 is 0. The van der Waals surface area contributed by atoms with Gasteiger partial charge in [-0.25, -0.2) is 0 Å². The van der Waals surface area contributed by atoms with Gasteiger partial charge in [-0.1, -0.05) is 0 Å². The van der Waals surface area contributed by atoms with Gasteiger partial charge in [-0.2, -0.15) is 13.3 Å². The molecular weight excluding hydrogens is 330 g/mol. The van der Waals surface area contributed by atoms with Gasteiger partial charge < -0.3 is 25.1 Å². The third-order valence-corrected chi connectivity index (χ3v) is 0.574. The second-order valence-corrected chi connectivity index (χ2v) is 1.35. The number of carbonyl (C=O) groups excluding carboxylic acids is 2. The Morgan fingerprint density at radius 3 is 1.62 bits per heavy atom. The van der Waals surface area contributed by atoms with E-state index in [-0.39, 0.29) is 65.4 Å². The van der Waals surface area contributed by atoms with Gasteiger partial charge in [-0.3, -0.25) is 11.6 Å². The average Bonchev–Trinajstić information content (AvgIpc) is 1.90. The third kappa shape index (κ3) is 24.6. The molecule has 0 aromatic heterocycles. The summed E-state index contributed by atoms with van der Waals surface area (Å²) in [7, 11) is 1.27. The number of nitrogens with one attached hydrogen (secondary N) is 2. The summed E-state index contributed by atoms with van der Waals surface area (Å²) in [5.74, 6) is 0. The zero-order valence-corrected chi connectivity index (χ0v) is 13.0. The molecule has 0 aliphatic heterocycles. The van der Waals surface area contributed by atoms with Crippen LogP contribution in [0.25, 0.3) is 0 Å². The molecule has 0 aliphatic rings. The van der Waals surface area contributed by atoms with Gasteiger partial charge in [0.15, 0.2) is 0 Å². The average molecular weight is 340 g/mol. The summed E-state index contributed by atoms with van der Waals surface area (Å²) in [5, 5.41) is 20.3. The molecule has 0 aromatic carbocycles. The molecule has 0 spiro atoms. The molecule has 2 radical (unpaired) electrons. The Balaban J connectivity index is -0.0000000720. The molecule has 0 rings (SSSR count). The molecule has 0 saturated heterocycles. The van der Waals surface area contributed by atoms with E-state index < -0.39 is 6.03 Å². The summed E-state index contributed by atoms with van der Waals surface area (Å²) in [5.41, 5.74) is 0. The molecule has 0 fully saturated rings. The van der Waals surface area contributed by atoms with Crippen LogP contribution in [0.4, 0.5) is 0 Å². The standard InChI is InChI=1S/C3H7N2O3.C2H3O.2Y/c1-4-3(7,8)5-2-6;1-2-3;;/h4,7-8H,1H3,(H,5,6);1H3;;/q2*-1;;. The molecule has 0 atom stereocenters. The van der Waals surface area contributed by atoms with E-state index in [2.05, 4.69) is 0 Å². The first-order chi connectivity index (χ1) is 5.04. The van der Waals surface area contributed by atoms with Gasteiger partial charge in [-0.05, 0) is 7.05 Å². The maximum atomic E-state index is 9.38. The molecule has 0 unspecified atom stereocenters. The zero-order chi connectivity index (χ0) is 9.33. The minimum atomic E-state index is -2.33. The number of aliphatic hydroxyl groups is 2. The van der Waals surface area contributed by atoms with Crippen LogP contribution >= 0.6 is 0 Å². The first kappa shape index (κ1) is 23.8. The van der Waals surface area contributed by atoms with E-state index in [0.29, 0.717) is 0 Å². The largest absolute Gasteiger partial charge is 0.542 e. The van der Waals surface area contributed by atoms with E-state index in [4.69, 9.17) is 15.0 Å². The van der Waals surface area contributed by atoms with Gasteiger partial charge in [0.05, 0.1) is 0 Å². The first-order valence-corrected chi connectivity index (χ1v) is 2.61. The van der Waals surface area contributed by atoms with Crippen molar-refractivity contribution in [3.05, 3.63) is 0 Å². The molecule has 13 heavy (non-hydrogen) atoms. The Hall–Kier alpha value is 1.23. The fourth-order valence-electron chi connectivity index (χ4n) is 0.134. The summed E-state index contributed by atoms with van der Waals surface area (Å²) in [6.07, 6.45) is 2.60. The normalized spacial score (nSPS) is 7.69. The summed E-state index contributed by atoms with van der Waals surface area (Å²) in [4.78, 5) is 18.1. The van der Waals surface area contributed by atoms with E-state index in [0.717, 1.165) is 6.41 Å².